The smallest absolute Gasteiger partial charge is 0.416 e. The summed E-state index contributed by atoms with van der Waals surface area (Å²) in [6, 6.07) is 8.17. The van der Waals surface area contributed by atoms with E-state index in [1.54, 1.807) is 6.07 Å². The highest BCUT2D eigenvalue weighted by atomic mass is 19.4. The van der Waals surface area contributed by atoms with Gasteiger partial charge in [0.2, 0.25) is 0 Å². The molecule has 14 heteroatoms. The van der Waals surface area contributed by atoms with Gasteiger partial charge in [0.25, 0.3) is 0 Å². The van der Waals surface area contributed by atoms with Gasteiger partial charge in [0, 0.05) is 24.7 Å². The molecule has 0 saturated carbocycles. The van der Waals surface area contributed by atoms with E-state index < -0.39 is 47.1 Å². The standard InChI is InChI=1S/C22H23F4NO3.C8H4F6/c1-13(2)17-10-18(20(29-3)11-19(17)23)16-6-5-15(22(24,25)26)9-14(16)12-27-7-4-8-30-21(27)28;9-7(10,11)5-2-1-3-6(4-5)8(12,13)14/h5-6,9-11,13H,4,7-8,12H2,1-3H3;1-4H. The summed E-state index contributed by atoms with van der Waals surface area (Å²) in [5, 5.41) is 0. The van der Waals surface area contributed by atoms with Gasteiger partial charge in [0.15, 0.2) is 0 Å². The SMILES string of the molecule is COc1cc(F)c(C(C)C)cc1-c1ccc(C(F)(F)F)cc1CN1CCCOC1=O.FC(F)(F)c1cccc(C(F)(F)F)c1. The van der Waals surface area contributed by atoms with Crippen molar-refractivity contribution in [2.24, 2.45) is 0 Å². The van der Waals surface area contributed by atoms with Crippen LogP contribution in [0.5, 0.6) is 5.75 Å². The van der Waals surface area contributed by atoms with Crippen molar-refractivity contribution in [3.8, 4) is 16.9 Å². The molecule has 1 amide bonds. The molecule has 1 aliphatic rings. The molecular weight excluding hydrogens is 612 g/mol. The first-order valence-corrected chi connectivity index (χ1v) is 13.1. The van der Waals surface area contributed by atoms with Crippen LogP contribution in [0.1, 0.15) is 54.0 Å². The number of hydrogen-bond acceptors (Lipinski definition) is 3. The number of nitrogens with zero attached hydrogens (tertiary/aromatic N) is 1. The van der Waals surface area contributed by atoms with Crippen LogP contribution in [0.3, 0.4) is 0 Å². The van der Waals surface area contributed by atoms with E-state index >= 15 is 0 Å². The molecule has 1 aliphatic heterocycles. The summed E-state index contributed by atoms with van der Waals surface area (Å²) in [7, 11) is 1.37. The van der Waals surface area contributed by atoms with E-state index in [1.165, 1.54) is 24.1 Å². The Morgan fingerprint density at radius 2 is 1.39 bits per heavy atom. The summed E-state index contributed by atoms with van der Waals surface area (Å²) in [5.74, 6) is -0.373. The van der Waals surface area contributed by atoms with E-state index in [1.807, 2.05) is 13.8 Å². The Labute approximate surface area is 246 Å². The molecule has 3 aromatic rings. The molecule has 3 aromatic carbocycles. The van der Waals surface area contributed by atoms with Gasteiger partial charge in [-0.15, -0.1) is 0 Å². The van der Waals surface area contributed by atoms with Crippen molar-refractivity contribution >= 4 is 6.09 Å². The molecular formula is C30H27F10NO3. The van der Waals surface area contributed by atoms with Gasteiger partial charge in [0.05, 0.1) is 30.4 Å². The molecule has 4 nitrogen and oxygen atoms in total. The molecule has 0 atom stereocenters. The monoisotopic (exact) mass is 639 g/mol. The van der Waals surface area contributed by atoms with Crippen molar-refractivity contribution in [3.63, 3.8) is 0 Å². The first-order valence-electron chi connectivity index (χ1n) is 13.1. The third-order valence-corrected chi connectivity index (χ3v) is 6.60. The lowest BCUT2D eigenvalue weighted by molar-refractivity contribution is -0.143. The van der Waals surface area contributed by atoms with Crippen LogP contribution in [0.15, 0.2) is 54.6 Å². The van der Waals surface area contributed by atoms with E-state index in [0.717, 1.165) is 18.2 Å². The van der Waals surface area contributed by atoms with E-state index in [9.17, 15) is 48.7 Å². The number of amides is 1. The van der Waals surface area contributed by atoms with Crippen LogP contribution in [0.4, 0.5) is 48.7 Å². The maximum atomic E-state index is 14.4. The largest absolute Gasteiger partial charge is 0.496 e. The maximum Gasteiger partial charge on any atom is 0.416 e. The third kappa shape index (κ3) is 8.56. The van der Waals surface area contributed by atoms with Crippen molar-refractivity contribution in [1.29, 1.82) is 0 Å². The van der Waals surface area contributed by atoms with Crippen LogP contribution >= 0.6 is 0 Å². The van der Waals surface area contributed by atoms with E-state index in [4.69, 9.17) is 9.47 Å². The molecule has 44 heavy (non-hydrogen) atoms. The van der Waals surface area contributed by atoms with Crippen LogP contribution in [0.25, 0.3) is 11.1 Å². The van der Waals surface area contributed by atoms with Gasteiger partial charge in [0.1, 0.15) is 11.6 Å². The zero-order valence-corrected chi connectivity index (χ0v) is 23.6. The van der Waals surface area contributed by atoms with Crippen molar-refractivity contribution in [1.82, 2.24) is 4.90 Å². The summed E-state index contributed by atoms with van der Waals surface area (Å²) >= 11 is 0. The minimum atomic E-state index is -4.75. The van der Waals surface area contributed by atoms with Crippen molar-refractivity contribution in [2.45, 2.75) is 51.3 Å². The number of rotatable bonds is 5. The van der Waals surface area contributed by atoms with Gasteiger partial charge in [-0.1, -0.05) is 26.0 Å². The van der Waals surface area contributed by atoms with E-state index in [-0.39, 0.29) is 36.4 Å². The van der Waals surface area contributed by atoms with Gasteiger partial charge in [-0.25, -0.2) is 9.18 Å². The normalized spacial score (nSPS) is 14.2. The fourth-order valence-electron chi connectivity index (χ4n) is 4.38. The molecule has 4 rings (SSSR count). The lowest BCUT2D eigenvalue weighted by atomic mass is 9.92. The van der Waals surface area contributed by atoms with Crippen LogP contribution in [0.2, 0.25) is 0 Å². The summed E-state index contributed by atoms with van der Waals surface area (Å²) in [5.41, 5.74) is -1.80. The number of halogens is 10. The van der Waals surface area contributed by atoms with Crippen molar-refractivity contribution in [2.75, 3.05) is 20.3 Å². The van der Waals surface area contributed by atoms with Crippen LogP contribution in [-0.2, 0) is 29.8 Å². The predicted octanol–water partition coefficient (Wildman–Crippen LogP) is 9.71. The molecule has 0 aromatic heterocycles. The third-order valence-electron chi connectivity index (χ3n) is 6.60. The van der Waals surface area contributed by atoms with E-state index in [2.05, 4.69) is 0 Å². The molecule has 0 spiro atoms. The van der Waals surface area contributed by atoms with Gasteiger partial charge in [-0.05, 0) is 65.4 Å². The van der Waals surface area contributed by atoms with Gasteiger partial charge in [-0.2, -0.15) is 39.5 Å². The minimum absolute atomic E-state index is 0.0599. The summed E-state index contributed by atoms with van der Waals surface area (Å²) in [4.78, 5) is 13.4. The molecule has 0 radical (unpaired) electrons. The number of benzene rings is 3. The quantitative estimate of drug-likeness (QED) is 0.261. The highest BCUT2D eigenvalue weighted by molar-refractivity contribution is 5.76. The number of methoxy groups -OCH3 is 1. The lowest BCUT2D eigenvalue weighted by Crippen LogP contribution is -2.37. The van der Waals surface area contributed by atoms with Gasteiger partial charge in [-0.3, -0.25) is 0 Å². The summed E-state index contributed by atoms with van der Waals surface area (Å²) in [6.07, 6.45) is -14.0. The Morgan fingerprint density at radius 1 is 0.818 bits per heavy atom. The fourth-order valence-corrected chi connectivity index (χ4v) is 4.38. The van der Waals surface area contributed by atoms with E-state index in [0.29, 0.717) is 41.8 Å². The first-order chi connectivity index (χ1) is 20.3. The molecule has 0 unspecified atom stereocenters. The number of cyclic esters (lactones) is 1. The second kappa shape index (κ2) is 13.3. The zero-order chi connectivity index (χ0) is 33.0. The Bertz CT molecular complexity index is 1430. The molecule has 0 aliphatic carbocycles. The van der Waals surface area contributed by atoms with Crippen LogP contribution < -0.4 is 4.74 Å². The minimum Gasteiger partial charge on any atom is -0.496 e. The molecule has 0 bridgehead atoms. The Kier molecular flexibility index (Phi) is 10.5. The Balaban J connectivity index is 0.000000317. The number of carbonyl (C=O) groups excluding carboxylic acids is 1. The summed E-state index contributed by atoms with van der Waals surface area (Å²) < 4.78 is 137. The van der Waals surface area contributed by atoms with Crippen molar-refractivity contribution < 1.29 is 58.2 Å². The fraction of sp³-hybridized carbons (Fsp3) is 0.367. The van der Waals surface area contributed by atoms with Gasteiger partial charge < -0.3 is 14.4 Å². The van der Waals surface area contributed by atoms with Crippen LogP contribution in [0, 0.1) is 5.82 Å². The number of alkyl halides is 9. The first kappa shape index (κ1) is 34.5. The Morgan fingerprint density at radius 3 is 1.89 bits per heavy atom. The second-order valence-corrected chi connectivity index (χ2v) is 10.1. The van der Waals surface area contributed by atoms with Gasteiger partial charge >= 0.3 is 24.6 Å². The number of carbonyl (C=O) groups is 1. The zero-order valence-electron chi connectivity index (χ0n) is 23.6. The van der Waals surface area contributed by atoms with Crippen LogP contribution in [-0.4, -0.2) is 31.3 Å². The second-order valence-electron chi connectivity index (χ2n) is 10.1. The highest BCUT2D eigenvalue weighted by Crippen LogP contribution is 2.40. The average molecular weight is 640 g/mol. The lowest BCUT2D eigenvalue weighted by Gasteiger charge is -2.28. The summed E-state index contributed by atoms with van der Waals surface area (Å²) in [6.45, 7) is 4.26. The highest BCUT2D eigenvalue weighted by Gasteiger charge is 2.36. The molecule has 1 fully saturated rings. The molecule has 1 heterocycles. The molecule has 1 saturated heterocycles. The van der Waals surface area contributed by atoms with Crippen molar-refractivity contribution in [3.05, 3.63) is 88.2 Å². The Hall–Kier alpha value is -3.97. The average Bonchev–Trinajstić information content (AvgIpc) is 2.93. The molecule has 240 valence electrons. The topological polar surface area (TPSA) is 38.8 Å². The maximum absolute atomic E-state index is 14.4. The number of hydrogen-bond donors (Lipinski definition) is 0. The number of ether oxygens (including phenoxy) is 2. The predicted molar refractivity (Wildman–Crippen MR) is 140 cm³/mol. The molecule has 0 N–H and O–H groups in total.